The maximum absolute atomic E-state index is 11.3. The van der Waals surface area contributed by atoms with Crippen molar-refractivity contribution in [3.63, 3.8) is 0 Å². The molecule has 1 aromatic heterocycles. The van der Waals surface area contributed by atoms with Crippen LogP contribution in [-0.4, -0.2) is 12.1 Å². The fourth-order valence-corrected chi connectivity index (χ4v) is 1.17. The second kappa shape index (κ2) is 4.46. The van der Waals surface area contributed by atoms with Crippen molar-refractivity contribution in [2.45, 2.75) is 6.92 Å². The summed E-state index contributed by atoms with van der Waals surface area (Å²) in [5, 5.41) is 0. The Morgan fingerprint density at radius 3 is 2.93 bits per heavy atom. The number of methoxy groups -OCH3 is 1. The van der Waals surface area contributed by atoms with E-state index in [2.05, 4.69) is 11.6 Å². The molecule has 1 aromatic rings. The van der Waals surface area contributed by atoms with E-state index in [4.69, 9.17) is 4.74 Å². The molecule has 0 saturated carbocycles. The Morgan fingerprint density at radius 1 is 1.64 bits per heavy atom. The standard InChI is InChI=1S/C11H13NO2/c1-4-5-10(14-3)11-8(2)9(13)6-7-12-11/h4-7H,1H2,2-3H3,(H,12,13)/b10-5+. The Labute approximate surface area is 82.7 Å². The number of nitrogens with one attached hydrogen (secondary N) is 1. The summed E-state index contributed by atoms with van der Waals surface area (Å²) in [6.45, 7) is 5.33. The summed E-state index contributed by atoms with van der Waals surface area (Å²) >= 11 is 0. The number of ether oxygens (including phenoxy) is 1. The van der Waals surface area contributed by atoms with E-state index in [0.717, 1.165) is 0 Å². The largest absolute Gasteiger partial charge is 0.495 e. The molecule has 74 valence electrons. The number of allylic oxidation sites excluding steroid dienone is 2. The first-order chi connectivity index (χ1) is 6.70. The van der Waals surface area contributed by atoms with Gasteiger partial charge in [0, 0.05) is 17.8 Å². The highest BCUT2D eigenvalue weighted by molar-refractivity contribution is 5.60. The van der Waals surface area contributed by atoms with E-state index in [0.29, 0.717) is 17.0 Å². The average Bonchev–Trinajstić information content (AvgIpc) is 2.19. The zero-order valence-corrected chi connectivity index (χ0v) is 8.33. The molecule has 1 N–H and O–H groups in total. The molecule has 0 radical (unpaired) electrons. The van der Waals surface area contributed by atoms with Crippen LogP contribution in [0.25, 0.3) is 5.76 Å². The smallest absolute Gasteiger partial charge is 0.185 e. The van der Waals surface area contributed by atoms with Gasteiger partial charge >= 0.3 is 0 Å². The van der Waals surface area contributed by atoms with E-state index in [9.17, 15) is 4.79 Å². The zero-order valence-electron chi connectivity index (χ0n) is 8.33. The molecule has 0 aliphatic rings. The molecule has 0 aliphatic carbocycles. The van der Waals surface area contributed by atoms with E-state index in [1.807, 2.05) is 0 Å². The van der Waals surface area contributed by atoms with Crippen molar-refractivity contribution in [3.05, 3.63) is 52.5 Å². The summed E-state index contributed by atoms with van der Waals surface area (Å²) in [5.41, 5.74) is 1.33. The van der Waals surface area contributed by atoms with E-state index in [1.165, 1.54) is 6.07 Å². The molecular formula is C11H13NO2. The van der Waals surface area contributed by atoms with Crippen LogP contribution < -0.4 is 5.43 Å². The molecule has 3 nitrogen and oxygen atoms in total. The summed E-state index contributed by atoms with van der Waals surface area (Å²) in [7, 11) is 1.56. The van der Waals surface area contributed by atoms with Gasteiger partial charge in [0.15, 0.2) is 5.43 Å². The van der Waals surface area contributed by atoms with Crippen molar-refractivity contribution in [1.29, 1.82) is 0 Å². The number of aromatic nitrogens is 1. The maximum atomic E-state index is 11.3. The molecule has 0 aromatic carbocycles. The first-order valence-corrected chi connectivity index (χ1v) is 4.26. The third-order valence-corrected chi connectivity index (χ3v) is 1.94. The fraction of sp³-hybridized carbons (Fsp3) is 0.182. The van der Waals surface area contributed by atoms with E-state index in [1.54, 1.807) is 32.4 Å². The van der Waals surface area contributed by atoms with Crippen LogP contribution in [0.5, 0.6) is 0 Å². The van der Waals surface area contributed by atoms with Gasteiger partial charge < -0.3 is 9.72 Å². The number of pyridine rings is 1. The Balaban J connectivity index is 3.31. The maximum Gasteiger partial charge on any atom is 0.185 e. The Kier molecular flexibility index (Phi) is 3.29. The van der Waals surface area contributed by atoms with Gasteiger partial charge in [-0.1, -0.05) is 12.7 Å². The third kappa shape index (κ3) is 1.93. The van der Waals surface area contributed by atoms with Gasteiger partial charge in [-0.15, -0.1) is 0 Å². The normalized spacial score (nSPS) is 11.1. The monoisotopic (exact) mass is 191 g/mol. The Bertz CT molecular complexity index is 416. The van der Waals surface area contributed by atoms with E-state index in [-0.39, 0.29) is 5.43 Å². The highest BCUT2D eigenvalue weighted by Crippen LogP contribution is 2.13. The molecule has 0 atom stereocenters. The molecule has 0 unspecified atom stereocenters. The van der Waals surface area contributed by atoms with Crippen molar-refractivity contribution >= 4 is 5.76 Å². The number of rotatable bonds is 3. The zero-order chi connectivity index (χ0) is 10.6. The Morgan fingerprint density at radius 2 is 2.36 bits per heavy atom. The predicted molar refractivity (Wildman–Crippen MR) is 57.0 cm³/mol. The lowest BCUT2D eigenvalue weighted by Gasteiger charge is -2.07. The minimum atomic E-state index is -0.00855. The number of hydrogen-bond donors (Lipinski definition) is 1. The third-order valence-electron chi connectivity index (χ3n) is 1.94. The van der Waals surface area contributed by atoms with Crippen LogP contribution in [0.2, 0.25) is 0 Å². The first kappa shape index (κ1) is 10.3. The minimum absolute atomic E-state index is 0.00855. The predicted octanol–water partition coefficient (Wildman–Crippen LogP) is 1.86. The Hall–Kier alpha value is -1.77. The summed E-state index contributed by atoms with van der Waals surface area (Å²) in [5.74, 6) is 0.607. The van der Waals surface area contributed by atoms with Gasteiger partial charge in [-0.25, -0.2) is 0 Å². The number of aromatic amines is 1. The molecule has 0 fully saturated rings. The van der Waals surface area contributed by atoms with Crippen LogP contribution in [0.15, 0.2) is 35.8 Å². The molecule has 0 saturated heterocycles. The van der Waals surface area contributed by atoms with Crippen LogP contribution in [0.3, 0.4) is 0 Å². The fourth-order valence-electron chi connectivity index (χ4n) is 1.17. The quantitative estimate of drug-likeness (QED) is 0.585. The molecule has 0 bridgehead atoms. The molecule has 1 rings (SSSR count). The molecular weight excluding hydrogens is 178 g/mol. The van der Waals surface area contributed by atoms with Crippen LogP contribution in [0, 0.1) is 6.92 Å². The lowest BCUT2D eigenvalue weighted by Crippen LogP contribution is -2.08. The molecule has 0 aliphatic heterocycles. The van der Waals surface area contributed by atoms with Crippen molar-refractivity contribution in [3.8, 4) is 0 Å². The highest BCUT2D eigenvalue weighted by Gasteiger charge is 2.06. The summed E-state index contributed by atoms with van der Waals surface area (Å²) in [4.78, 5) is 14.3. The van der Waals surface area contributed by atoms with Gasteiger partial charge in [-0.05, 0) is 13.0 Å². The van der Waals surface area contributed by atoms with Gasteiger partial charge in [0.1, 0.15) is 5.76 Å². The van der Waals surface area contributed by atoms with Gasteiger partial charge in [0.2, 0.25) is 0 Å². The van der Waals surface area contributed by atoms with Crippen LogP contribution >= 0.6 is 0 Å². The molecule has 3 heteroatoms. The van der Waals surface area contributed by atoms with E-state index >= 15 is 0 Å². The van der Waals surface area contributed by atoms with Crippen molar-refractivity contribution in [2.24, 2.45) is 0 Å². The van der Waals surface area contributed by atoms with Crippen LogP contribution in [0.1, 0.15) is 11.3 Å². The van der Waals surface area contributed by atoms with Crippen molar-refractivity contribution in [1.82, 2.24) is 4.98 Å². The van der Waals surface area contributed by atoms with Crippen molar-refractivity contribution < 1.29 is 4.74 Å². The number of hydrogen-bond acceptors (Lipinski definition) is 2. The highest BCUT2D eigenvalue weighted by atomic mass is 16.5. The van der Waals surface area contributed by atoms with Gasteiger partial charge in [-0.2, -0.15) is 0 Å². The van der Waals surface area contributed by atoms with Crippen molar-refractivity contribution in [2.75, 3.05) is 7.11 Å². The summed E-state index contributed by atoms with van der Waals surface area (Å²) < 4.78 is 5.13. The lowest BCUT2D eigenvalue weighted by molar-refractivity contribution is 0.368. The number of H-pyrrole nitrogens is 1. The van der Waals surface area contributed by atoms with Gasteiger partial charge in [0.25, 0.3) is 0 Å². The second-order valence-corrected chi connectivity index (χ2v) is 2.81. The topological polar surface area (TPSA) is 42.1 Å². The van der Waals surface area contributed by atoms with Gasteiger partial charge in [-0.3, -0.25) is 4.79 Å². The van der Waals surface area contributed by atoms with Crippen LogP contribution in [0.4, 0.5) is 0 Å². The first-order valence-electron chi connectivity index (χ1n) is 4.26. The average molecular weight is 191 g/mol. The SMILES string of the molecule is C=C/C=C(/OC)c1[nH]ccc(=O)c1C. The second-order valence-electron chi connectivity index (χ2n) is 2.81. The molecule has 0 spiro atoms. The lowest BCUT2D eigenvalue weighted by atomic mass is 10.2. The minimum Gasteiger partial charge on any atom is -0.495 e. The van der Waals surface area contributed by atoms with Crippen LogP contribution in [-0.2, 0) is 4.74 Å². The molecule has 14 heavy (non-hydrogen) atoms. The molecule has 0 amide bonds. The molecule has 1 heterocycles. The van der Waals surface area contributed by atoms with Gasteiger partial charge in [0.05, 0.1) is 12.8 Å². The summed E-state index contributed by atoms with van der Waals surface area (Å²) in [6, 6.07) is 1.49. The summed E-state index contributed by atoms with van der Waals surface area (Å²) in [6.07, 6.45) is 4.92. The van der Waals surface area contributed by atoms with E-state index < -0.39 is 0 Å².